The number of tetrazole rings is 1. The number of hydrogen-bond donors (Lipinski definition) is 1. The molecule has 0 fully saturated rings. The van der Waals surface area contributed by atoms with Gasteiger partial charge < -0.3 is 5.11 Å². The Morgan fingerprint density at radius 2 is 1.92 bits per heavy atom. The summed E-state index contributed by atoms with van der Waals surface area (Å²) in [5.41, 5.74) is 2.10. The van der Waals surface area contributed by atoms with Crippen LogP contribution >= 0.6 is 0 Å². The zero-order valence-electron chi connectivity index (χ0n) is 12.5. The van der Waals surface area contributed by atoms with Gasteiger partial charge in [0, 0.05) is 11.8 Å². The van der Waals surface area contributed by atoms with Crippen molar-refractivity contribution in [1.29, 1.82) is 0 Å². The number of hydrogen-bond acceptors (Lipinski definition) is 5. The van der Waals surface area contributed by atoms with Crippen LogP contribution in [-0.4, -0.2) is 26.8 Å². The van der Waals surface area contributed by atoms with Gasteiger partial charge in [0.15, 0.2) is 0 Å². The quantitative estimate of drug-likeness (QED) is 0.589. The van der Waals surface area contributed by atoms with Crippen LogP contribution in [0.15, 0.2) is 65.7 Å². The summed E-state index contributed by atoms with van der Waals surface area (Å²) in [7, 11) is 0. The van der Waals surface area contributed by atoms with Crippen LogP contribution in [0.25, 0.3) is 22.2 Å². The molecule has 1 N–H and O–H groups in total. The minimum absolute atomic E-state index is 0.0493. The van der Waals surface area contributed by atoms with Gasteiger partial charge in [-0.2, -0.15) is 5.21 Å². The zero-order valence-corrected chi connectivity index (χ0v) is 12.5. The SMILES string of the molecule is [O-]c1ccc2ccccc2c1C=Nc1cccc(-c2nn[nH]n2)c1. The predicted octanol–water partition coefficient (Wildman–Crippen LogP) is 2.84. The first-order valence-corrected chi connectivity index (χ1v) is 7.38. The Morgan fingerprint density at radius 1 is 1.00 bits per heavy atom. The van der Waals surface area contributed by atoms with Gasteiger partial charge in [-0.25, -0.2) is 0 Å². The Balaban J connectivity index is 1.74. The summed E-state index contributed by atoms with van der Waals surface area (Å²) in [5.74, 6) is 0.452. The number of aromatic nitrogens is 4. The minimum Gasteiger partial charge on any atom is -0.872 e. The van der Waals surface area contributed by atoms with Crippen LogP contribution in [-0.2, 0) is 0 Å². The standard InChI is InChI=1S/C18H13N5O/c24-17-9-8-12-4-1-2-7-15(12)16(17)11-19-14-6-3-5-13(10-14)18-20-22-23-21-18/h1-11,24H,(H,20,21,22,23)/p-1. The number of aromatic amines is 1. The number of nitrogens with one attached hydrogen (secondary N) is 1. The van der Waals surface area contributed by atoms with Crippen LogP contribution in [0.3, 0.4) is 0 Å². The summed E-state index contributed by atoms with van der Waals surface area (Å²) >= 11 is 0. The molecule has 0 atom stereocenters. The number of benzene rings is 3. The Hall–Kier alpha value is -3.54. The van der Waals surface area contributed by atoms with Crippen LogP contribution in [0.5, 0.6) is 5.75 Å². The van der Waals surface area contributed by atoms with Crippen molar-refractivity contribution in [2.24, 2.45) is 4.99 Å². The highest BCUT2D eigenvalue weighted by molar-refractivity contribution is 6.02. The van der Waals surface area contributed by atoms with Gasteiger partial charge in [0.25, 0.3) is 0 Å². The summed E-state index contributed by atoms with van der Waals surface area (Å²) in [4.78, 5) is 4.45. The molecule has 4 rings (SSSR count). The van der Waals surface area contributed by atoms with Crippen LogP contribution in [0.1, 0.15) is 5.56 Å². The van der Waals surface area contributed by atoms with Crippen molar-refractivity contribution in [2.75, 3.05) is 0 Å². The van der Waals surface area contributed by atoms with Gasteiger partial charge in [-0.1, -0.05) is 54.3 Å². The van der Waals surface area contributed by atoms with Crippen LogP contribution in [0, 0.1) is 0 Å². The molecule has 0 aliphatic heterocycles. The van der Waals surface area contributed by atoms with E-state index in [0.717, 1.165) is 16.3 Å². The van der Waals surface area contributed by atoms with E-state index in [1.54, 1.807) is 12.3 Å². The molecule has 0 radical (unpaired) electrons. The van der Waals surface area contributed by atoms with Crippen LogP contribution in [0.2, 0.25) is 0 Å². The fourth-order valence-corrected chi connectivity index (χ4v) is 2.56. The third kappa shape index (κ3) is 2.61. The molecule has 0 spiro atoms. The normalized spacial score (nSPS) is 11.3. The first kappa shape index (κ1) is 14.1. The molecule has 1 aromatic heterocycles. The first-order chi connectivity index (χ1) is 11.8. The fraction of sp³-hybridized carbons (Fsp3) is 0. The second-order valence-electron chi connectivity index (χ2n) is 5.24. The average molecular weight is 314 g/mol. The highest BCUT2D eigenvalue weighted by Gasteiger charge is 2.03. The number of fused-ring (bicyclic) bond motifs is 1. The van der Waals surface area contributed by atoms with Gasteiger partial charge in [-0.3, -0.25) is 4.99 Å². The van der Waals surface area contributed by atoms with Gasteiger partial charge in [0.1, 0.15) is 0 Å². The van der Waals surface area contributed by atoms with Crippen molar-refractivity contribution in [3.05, 3.63) is 66.2 Å². The minimum atomic E-state index is -0.0493. The molecule has 6 heteroatoms. The molecular formula is C18H12N5O-. The molecule has 0 amide bonds. The Kier molecular flexibility index (Phi) is 3.47. The lowest BCUT2D eigenvalue weighted by Gasteiger charge is -2.12. The highest BCUT2D eigenvalue weighted by Crippen LogP contribution is 2.25. The summed E-state index contributed by atoms with van der Waals surface area (Å²) in [6.07, 6.45) is 1.61. The maximum absolute atomic E-state index is 12.2. The van der Waals surface area contributed by atoms with Crippen molar-refractivity contribution < 1.29 is 5.11 Å². The molecule has 3 aromatic carbocycles. The van der Waals surface area contributed by atoms with Crippen molar-refractivity contribution in [3.63, 3.8) is 0 Å². The maximum atomic E-state index is 12.2. The lowest BCUT2D eigenvalue weighted by molar-refractivity contribution is -0.268. The molecule has 1 heterocycles. The molecule has 0 bridgehead atoms. The molecule has 0 saturated carbocycles. The molecule has 6 nitrogen and oxygen atoms in total. The smallest absolute Gasteiger partial charge is 0.204 e. The molecule has 24 heavy (non-hydrogen) atoms. The molecule has 4 aromatic rings. The van der Waals surface area contributed by atoms with E-state index < -0.39 is 0 Å². The highest BCUT2D eigenvalue weighted by atomic mass is 16.3. The summed E-state index contributed by atoms with van der Waals surface area (Å²) in [5, 5.41) is 28.0. The number of rotatable bonds is 3. The molecular weight excluding hydrogens is 302 g/mol. The molecule has 0 saturated heterocycles. The van der Waals surface area contributed by atoms with Crippen molar-refractivity contribution in [1.82, 2.24) is 20.6 Å². The van der Waals surface area contributed by atoms with Crippen molar-refractivity contribution in [2.45, 2.75) is 0 Å². The molecule has 0 aliphatic carbocycles. The monoisotopic (exact) mass is 314 g/mol. The summed E-state index contributed by atoms with van der Waals surface area (Å²) in [6, 6.07) is 18.6. The van der Waals surface area contributed by atoms with Crippen molar-refractivity contribution in [3.8, 4) is 17.1 Å². The zero-order chi connectivity index (χ0) is 16.4. The Morgan fingerprint density at radius 3 is 2.79 bits per heavy atom. The lowest BCUT2D eigenvalue weighted by Crippen LogP contribution is -1.96. The van der Waals surface area contributed by atoms with E-state index in [0.29, 0.717) is 17.1 Å². The van der Waals surface area contributed by atoms with Gasteiger partial charge >= 0.3 is 0 Å². The predicted molar refractivity (Wildman–Crippen MR) is 90.3 cm³/mol. The topological polar surface area (TPSA) is 89.9 Å². The second-order valence-corrected chi connectivity index (χ2v) is 5.24. The summed E-state index contributed by atoms with van der Waals surface area (Å²) in [6.45, 7) is 0. The maximum Gasteiger partial charge on any atom is 0.204 e. The van der Waals surface area contributed by atoms with Crippen LogP contribution in [0.4, 0.5) is 5.69 Å². The third-order valence-electron chi connectivity index (χ3n) is 3.72. The number of aliphatic imine (C=N–C) groups is 1. The molecule has 0 unspecified atom stereocenters. The largest absolute Gasteiger partial charge is 0.872 e. The first-order valence-electron chi connectivity index (χ1n) is 7.38. The molecule has 0 aliphatic rings. The Bertz CT molecular complexity index is 1020. The number of H-pyrrole nitrogens is 1. The third-order valence-corrected chi connectivity index (χ3v) is 3.72. The Labute approximate surface area is 137 Å². The van der Waals surface area contributed by atoms with E-state index in [4.69, 9.17) is 0 Å². The fourth-order valence-electron chi connectivity index (χ4n) is 2.56. The van der Waals surface area contributed by atoms with E-state index in [1.165, 1.54) is 0 Å². The van der Waals surface area contributed by atoms with E-state index >= 15 is 0 Å². The molecule has 116 valence electrons. The lowest BCUT2D eigenvalue weighted by atomic mass is 10.0. The number of nitrogens with zero attached hydrogens (tertiary/aromatic N) is 4. The van der Waals surface area contributed by atoms with E-state index in [9.17, 15) is 5.11 Å². The van der Waals surface area contributed by atoms with E-state index in [2.05, 4.69) is 25.6 Å². The van der Waals surface area contributed by atoms with E-state index in [-0.39, 0.29) is 5.75 Å². The second kappa shape index (κ2) is 5.92. The summed E-state index contributed by atoms with van der Waals surface area (Å²) < 4.78 is 0. The van der Waals surface area contributed by atoms with Gasteiger partial charge in [0.05, 0.1) is 5.69 Å². The van der Waals surface area contributed by atoms with Crippen LogP contribution < -0.4 is 5.11 Å². The van der Waals surface area contributed by atoms with Gasteiger partial charge in [0.2, 0.25) is 5.82 Å². The average Bonchev–Trinajstić information content (AvgIpc) is 3.16. The van der Waals surface area contributed by atoms with E-state index in [1.807, 2.05) is 54.6 Å². The van der Waals surface area contributed by atoms with Crippen molar-refractivity contribution >= 4 is 22.7 Å². The van der Waals surface area contributed by atoms with Gasteiger partial charge in [-0.05, 0) is 33.7 Å². The van der Waals surface area contributed by atoms with Gasteiger partial charge in [-0.15, -0.1) is 10.2 Å².